The minimum atomic E-state index is -3.32. The van der Waals surface area contributed by atoms with Crippen LogP contribution in [0.15, 0.2) is 48.5 Å². The number of ketones is 1. The van der Waals surface area contributed by atoms with Crippen molar-refractivity contribution in [2.45, 2.75) is 12.8 Å². The highest BCUT2D eigenvalue weighted by atomic mass is 32.2. The third-order valence-electron chi connectivity index (χ3n) is 4.56. The molecule has 0 saturated carbocycles. The van der Waals surface area contributed by atoms with E-state index in [4.69, 9.17) is 0 Å². The van der Waals surface area contributed by atoms with Gasteiger partial charge in [0.1, 0.15) is 5.82 Å². The number of hydrogen-bond donors (Lipinski definition) is 0. The van der Waals surface area contributed by atoms with Crippen LogP contribution in [0.2, 0.25) is 0 Å². The Labute approximate surface area is 147 Å². The molecule has 0 aliphatic carbocycles. The van der Waals surface area contributed by atoms with E-state index in [9.17, 15) is 17.6 Å². The highest BCUT2D eigenvalue weighted by Gasteiger charge is 2.30. The van der Waals surface area contributed by atoms with Crippen LogP contribution < -0.4 is 0 Å². The molecule has 132 valence electrons. The summed E-state index contributed by atoms with van der Waals surface area (Å²) in [6, 6.07) is 13.6. The lowest BCUT2D eigenvalue weighted by Crippen LogP contribution is -2.41. The fourth-order valence-corrected chi connectivity index (χ4v) is 4.13. The van der Waals surface area contributed by atoms with Crippen LogP contribution in [0.4, 0.5) is 4.39 Å². The first kappa shape index (κ1) is 17.8. The Hall–Kier alpha value is -2.05. The Morgan fingerprint density at radius 2 is 1.88 bits per heavy atom. The average molecular weight is 361 g/mol. The van der Waals surface area contributed by atoms with Crippen LogP contribution >= 0.6 is 0 Å². The smallest absolute Gasteiger partial charge is 0.211 e. The van der Waals surface area contributed by atoms with Gasteiger partial charge in [0.05, 0.1) is 6.26 Å². The van der Waals surface area contributed by atoms with E-state index >= 15 is 0 Å². The van der Waals surface area contributed by atoms with E-state index in [0.29, 0.717) is 24.9 Å². The summed E-state index contributed by atoms with van der Waals surface area (Å²) in [6.45, 7) is 0.601. The van der Waals surface area contributed by atoms with Gasteiger partial charge in [-0.2, -0.15) is 0 Å². The number of benzene rings is 2. The van der Waals surface area contributed by atoms with Gasteiger partial charge in [0.2, 0.25) is 10.0 Å². The van der Waals surface area contributed by atoms with Crippen LogP contribution in [0.5, 0.6) is 0 Å². The topological polar surface area (TPSA) is 54.5 Å². The highest BCUT2D eigenvalue weighted by Crippen LogP contribution is 2.27. The number of halogens is 1. The maximum absolute atomic E-state index is 14.5. The van der Waals surface area contributed by atoms with Gasteiger partial charge in [0.15, 0.2) is 5.78 Å². The first-order chi connectivity index (χ1) is 11.9. The maximum Gasteiger partial charge on any atom is 0.211 e. The molecule has 1 heterocycles. The minimum absolute atomic E-state index is 0.166. The van der Waals surface area contributed by atoms with Gasteiger partial charge in [-0.15, -0.1) is 0 Å². The molecule has 3 rings (SSSR count). The first-order valence-corrected chi connectivity index (χ1v) is 10.1. The minimum Gasteiger partial charge on any atom is -0.294 e. The summed E-state index contributed by atoms with van der Waals surface area (Å²) < 4.78 is 39.2. The van der Waals surface area contributed by atoms with Crippen molar-refractivity contribution in [2.24, 2.45) is 5.92 Å². The molecule has 6 heteroatoms. The zero-order chi connectivity index (χ0) is 18.0. The number of sulfonamides is 1. The normalized spacial score (nSPS) is 18.9. The zero-order valence-corrected chi connectivity index (χ0v) is 14.8. The molecule has 1 aliphatic rings. The van der Waals surface area contributed by atoms with Crippen molar-refractivity contribution in [3.8, 4) is 11.1 Å². The van der Waals surface area contributed by atoms with E-state index in [-0.39, 0.29) is 17.9 Å². The van der Waals surface area contributed by atoms with Crippen molar-refractivity contribution in [2.75, 3.05) is 19.3 Å². The second-order valence-corrected chi connectivity index (χ2v) is 8.37. The number of nitrogens with zero attached hydrogens (tertiary/aromatic N) is 1. The van der Waals surface area contributed by atoms with E-state index in [1.165, 1.54) is 10.4 Å². The van der Waals surface area contributed by atoms with Crippen LogP contribution in [-0.4, -0.2) is 37.9 Å². The lowest BCUT2D eigenvalue weighted by atomic mass is 9.90. The Morgan fingerprint density at radius 1 is 1.16 bits per heavy atom. The SMILES string of the molecule is CS(=O)(=O)N1CCC[C@H](C(=O)c2ccc(-c3ccccc3)c(F)c2)C1. The zero-order valence-electron chi connectivity index (χ0n) is 14.0. The lowest BCUT2D eigenvalue weighted by Gasteiger charge is -2.30. The second kappa shape index (κ2) is 7.06. The molecule has 1 saturated heterocycles. The van der Waals surface area contributed by atoms with E-state index in [2.05, 4.69) is 0 Å². The summed E-state index contributed by atoms with van der Waals surface area (Å²) in [4.78, 5) is 12.7. The number of carbonyl (C=O) groups is 1. The summed E-state index contributed by atoms with van der Waals surface area (Å²) in [5, 5.41) is 0. The lowest BCUT2D eigenvalue weighted by molar-refractivity contribution is 0.0872. The van der Waals surface area contributed by atoms with Gasteiger partial charge in [-0.1, -0.05) is 42.5 Å². The molecule has 2 aromatic carbocycles. The molecule has 0 bridgehead atoms. The Balaban J connectivity index is 1.82. The molecule has 4 nitrogen and oxygen atoms in total. The van der Waals surface area contributed by atoms with Crippen LogP contribution in [0, 0.1) is 11.7 Å². The molecule has 0 amide bonds. The van der Waals surface area contributed by atoms with Crippen LogP contribution in [0.25, 0.3) is 11.1 Å². The number of piperidine rings is 1. The fourth-order valence-electron chi connectivity index (χ4n) is 3.21. The molecule has 1 atom stereocenters. The summed E-state index contributed by atoms with van der Waals surface area (Å²) in [5.41, 5.74) is 1.48. The monoisotopic (exact) mass is 361 g/mol. The Morgan fingerprint density at radius 3 is 2.52 bits per heavy atom. The van der Waals surface area contributed by atoms with Crippen LogP contribution in [-0.2, 0) is 10.0 Å². The molecule has 2 aromatic rings. The first-order valence-electron chi connectivity index (χ1n) is 8.20. The van der Waals surface area contributed by atoms with Crippen molar-refractivity contribution in [3.63, 3.8) is 0 Å². The van der Waals surface area contributed by atoms with Gasteiger partial charge in [-0.3, -0.25) is 4.79 Å². The molecule has 0 spiro atoms. The molecule has 25 heavy (non-hydrogen) atoms. The van der Waals surface area contributed by atoms with E-state index in [1.54, 1.807) is 12.1 Å². The predicted octanol–water partition coefficient (Wildman–Crippen LogP) is 3.35. The third kappa shape index (κ3) is 3.96. The molecule has 1 aliphatic heterocycles. The quantitative estimate of drug-likeness (QED) is 0.785. The van der Waals surface area contributed by atoms with E-state index < -0.39 is 21.8 Å². The summed E-state index contributed by atoms with van der Waals surface area (Å²) in [6.07, 6.45) is 2.40. The van der Waals surface area contributed by atoms with E-state index in [1.807, 2.05) is 30.3 Å². The molecule has 0 N–H and O–H groups in total. The summed E-state index contributed by atoms with van der Waals surface area (Å²) in [5.74, 6) is -1.08. The van der Waals surface area contributed by atoms with Gasteiger partial charge >= 0.3 is 0 Å². The molecular weight excluding hydrogens is 341 g/mol. The largest absolute Gasteiger partial charge is 0.294 e. The molecule has 0 aromatic heterocycles. The highest BCUT2D eigenvalue weighted by molar-refractivity contribution is 7.88. The van der Waals surface area contributed by atoms with Gasteiger partial charge in [-0.25, -0.2) is 17.1 Å². The van der Waals surface area contributed by atoms with E-state index in [0.717, 1.165) is 11.8 Å². The van der Waals surface area contributed by atoms with Gasteiger partial charge in [-0.05, 0) is 24.5 Å². The molecule has 0 unspecified atom stereocenters. The predicted molar refractivity (Wildman–Crippen MR) is 95.3 cm³/mol. The van der Waals surface area contributed by atoms with Crippen molar-refractivity contribution < 1.29 is 17.6 Å². The number of rotatable bonds is 4. The third-order valence-corrected chi connectivity index (χ3v) is 5.83. The Kier molecular flexibility index (Phi) is 5.01. The summed E-state index contributed by atoms with van der Waals surface area (Å²) >= 11 is 0. The van der Waals surface area contributed by atoms with Gasteiger partial charge < -0.3 is 0 Å². The summed E-state index contributed by atoms with van der Waals surface area (Å²) in [7, 11) is -3.32. The van der Waals surface area contributed by atoms with Crippen molar-refractivity contribution >= 4 is 15.8 Å². The number of Topliss-reactive ketones (excluding diaryl/α,β-unsaturated/α-hetero) is 1. The number of carbonyl (C=O) groups excluding carboxylic acids is 1. The fraction of sp³-hybridized carbons (Fsp3) is 0.316. The average Bonchev–Trinajstić information content (AvgIpc) is 2.61. The van der Waals surface area contributed by atoms with Crippen molar-refractivity contribution in [1.82, 2.24) is 4.31 Å². The molecule has 1 fully saturated rings. The molecular formula is C19H20FNO3S. The van der Waals surface area contributed by atoms with Crippen LogP contribution in [0.3, 0.4) is 0 Å². The Bertz CT molecular complexity index is 881. The van der Waals surface area contributed by atoms with Gasteiger partial charge in [0, 0.05) is 30.1 Å². The van der Waals surface area contributed by atoms with Gasteiger partial charge in [0.25, 0.3) is 0 Å². The van der Waals surface area contributed by atoms with Crippen molar-refractivity contribution in [1.29, 1.82) is 0 Å². The standard InChI is InChI=1S/C19H20FNO3S/c1-25(23,24)21-11-5-8-16(13-21)19(22)15-9-10-17(18(20)12-15)14-6-3-2-4-7-14/h2-4,6-7,9-10,12,16H,5,8,11,13H2,1H3/t16-/m0/s1. The van der Waals surface area contributed by atoms with Crippen LogP contribution in [0.1, 0.15) is 23.2 Å². The number of hydrogen-bond acceptors (Lipinski definition) is 3. The molecule has 0 radical (unpaired) electrons. The van der Waals surface area contributed by atoms with Crippen molar-refractivity contribution in [3.05, 3.63) is 59.9 Å². The second-order valence-electron chi connectivity index (χ2n) is 6.39. The maximum atomic E-state index is 14.5.